The molecule has 0 fully saturated rings. The van der Waals surface area contributed by atoms with Gasteiger partial charge in [0.1, 0.15) is 5.82 Å². The van der Waals surface area contributed by atoms with Crippen LogP contribution < -0.4 is 10.6 Å². The van der Waals surface area contributed by atoms with Crippen LogP contribution in [0.15, 0.2) is 72.9 Å². The number of H-pyrrole nitrogens is 1. The summed E-state index contributed by atoms with van der Waals surface area (Å²) in [4.78, 5) is 44.2. The van der Waals surface area contributed by atoms with Gasteiger partial charge in [-0.15, -0.1) is 0 Å². The van der Waals surface area contributed by atoms with Crippen molar-refractivity contribution in [3.8, 4) is 22.5 Å². The number of esters is 1. The zero-order valence-corrected chi connectivity index (χ0v) is 20.5. The second-order valence-electron chi connectivity index (χ2n) is 8.92. The first-order chi connectivity index (χ1) is 19.1. The topological polar surface area (TPSA) is 113 Å². The molecule has 3 N–H and O–H groups in total. The summed E-state index contributed by atoms with van der Waals surface area (Å²) in [6.07, 6.45) is -5.07. The number of nitrogens with one attached hydrogen (secondary N) is 3. The number of hydrogen-bond acceptors (Lipinski definition) is 5. The lowest BCUT2D eigenvalue weighted by atomic mass is 10.1. The molecule has 2 aromatic carbocycles. The van der Waals surface area contributed by atoms with Gasteiger partial charge in [0.25, 0.3) is 11.8 Å². The first-order valence-electron chi connectivity index (χ1n) is 12.0. The number of pyridine rings is 1. The highest BCUT2D eigenvalue weighted by molar-refractivity contribution is 5.98. The molecule has 204 valence electrons. The number of anilines is 1. The van der Waals surface area contributed by atoms with Gasteiger partial charge in [0, 0.05) is 52.9 Å². The highest BCUT2D eigenvalue weighted by Gasteiger charge is 2.43. The van der Waals surface area contributed by atoms with Crippen LogP contribution in [0.3, 0.4) is 0 Å². The van der Waals surface area contributed by atoms with Crippen LogP contribution in [0.1, 0.15) is 27.7 Å². The first-order valence-corrected chi connectivity index (χ1v) is 12.0. The van der Waals surface area contributed by atoms with Crippen molar-refractivity contribution in [3.05, 3.63) is 95.6 Å². The van der Waals surface area contributed by atoms with Crippen molar-refractivity contribution >= 4 is 23.5 Å². The van der Waals surface area contributed by atoms with Gasteiger partial charge in [0.15, 0.2) is 0 Å². The molecule has 0 spiro atoms. The predicted octanol–water partition coefficient (Wildman–Crippen LogP) is 4.95. The molecule has 0 saturated heterocycles. The molecule has 12 heteroatoms. The maximum atomic E-state index is 13.4. The lowest BCUT2D eigenvalue weighted by Crippen LogP contribution is -2.32. The number of hydrogen-bond donors (Lipinski definition) is 3. The maximum absolute atomic E-state index is 13.4. The molecular formula is C28H20F4N4O4. The molecule has 5 rings (SSSR count). The number of carbonyl (C=O) groups is 3. The van der Waals surface area contributed by atoms with Gasteiger partial charge in [-0.1, -0.05) is 24.3 Å². The van der Waals surface area contributed by atoms with E-state index >= 15 is 0 Å². The van der Waals surface area contributed by atoms with E-state index in [-0.39, 0.29) is 17.2 Å². The minimum absolute atomic E-state index is 0.149. The van der Waals surface area contributed by atoms with E-state index in [0.717, 1.165) is 41.2 Å². The zero-order chi connectivity index (χ0) is 28.4. The van der Waals surface area contributed by atoms with Gasteiger partial charge in [0.05, 0.1) is 11.3 Å². The van der Waals surface area contributed by atoms with E-state index in [9.17, 15) is 31.9 Å². The highest BCUT2D eigenvalue weighted by atomic mass is 19.4. The fraction of sp³-hybridized carbons (Fsp3) is 0.143. The Bertz CT molecular complexity index is 1600. The van der Waals surface area contributed by atoms with Gasteiger partial charge in [0.2, 0.25) is 6.10 Å². The Kier molecular flexibility index (Phi) is 7.07. The third kappa shape index (κ3) is 5.70. The van der Waals surface area contributed by atoms with Crippen molar-refractivity contribution in [2.45, 2.75) is 18.7 Å². The summed E-state index contributed by atoms with van der Waals surface area (Å²) in [6, 6.07) is 15.6. The van der Waals surface area contributed by atoms with Crippen LogP contribution in [-0.4, -0.2) is 40.5 Å². The largest absolute Gasteiger partial charge is 0.490 e. The third-order valence-corrected chi connectivity index (χ3v) is 6.17. The molecule has 3 heterocycles. The Morgan fingerprint density at radius 1 is 1.00 bits per heavy atom. The van der Waals surface area contributed by atoms with Crippen molar-refractivity contribution in [2.24, 2.45) is 0 Å². The van der Waals surface area contributed by atoms with Gasteiger partial charge in [-0.25, -0.2) is 9.18 Å². The van der Waals surface area contributed by atoms with E-state index in [2.05, 4.69) is 25.3 Å². The number of ether oxygens (including phenoxy) is 1. The Morgan fingerprint density at radius 3 is 2.50 bits per heavy atom. The van der Waals surface area contributed by atoms with Gasteiger partial charge in [-0.3, -0.25) is 14.6 Å². The molecule has 1 unspecified atom stereocenters. The van der Waals surface area contributed by atoms with Crippen LogP contribution in [0.25, 0.3) is 22.5 Å². The highest BCUT2D eigenvalue weighted by Crippen LogP contribution is 2.30. The number of benzene rings is 2. The molecule has 0 bridgehead atoms. The lowest BCUT2D eigenvalue weighted by molar-refractivity contribution is -0.205. The van der Waals surface area contributed by atoms with E-state index in [0.29, 0.717) is 29.8 Å². The Labute approximate surface area is 224 Å². The second-order valence-corrected chi connectivity index (χ2v) is 8.92. The van der Waals surface area contributed by atoms with Gasteiger partial charge < -0.3 is 20.4 Å². The fourth-order valence-corrected chi connectivity index (χ4v) is 4.25. The van der Waals surface area contributed by atoms with Gasteiger partial charge >= 0.3 is 12.1 Å². The number of amides is 2. The summed E-state index contributed by atoms with van der Waals surface area (Å²) in [6.45, 7) is 0.545. The summed E-state index contributed by atoms with van der Waals surface area (Å²) in [7, 11) is 0. The Morgan fingerprint density at radius 2 is 1.77 bits per heavy atom. The summed E-state index contributed by atoms with van der Waals surface area (Å²) >= 11 is 0. The number of carbonyl (C=O) groups excluding carboxylic acids is 3. The standard InChI is InChI=1S/C28H20F4N4O4/c29-18-6-4-15(5-7-18)24(40-27(39)28(30,31)32)26(38)35-19-3-1-2-16(12-19)22-13-17(8-10-33-22)23-14-20-21(36-23)9-11-34-25(20)37/h1-8,10,12-14,24,36H,9,11H2,(H,34,37)(H,35,38). The number of nitrogens with zero attached hydrogens (tertiary/aromatic N) is 1. The van der Waals surface area contributed by atoms with Gasteiger partial charge in [-0.05, 0) is 42.5 Å². The van der Waals surface area contributed by atoms with E-state index in [4.69, 9.17) is 0 Å². The molecule has 0 aliphatic carbocycles. The quantitative estimate of drug-likeness (QED) is 0.231. The summed E-state index contributed by atoms with van der Waals surface area (Å²) in [5.74, 6) is -4.47. The Hall–Kier alpha value is -5.00. The third-order valence-electron chi connectivity index (χ3n) is 6.17. The van der Waals surface area contributed by atoms with E-state index in [1.165, 1.54) is 6.07 Å². The van der Waals surface area contributed by atoms with E-state index in [1.807, 2.05) is 0 Å². The Balaban J connectivity index is 1.39. The second kappa shape index (κ2) is 10.6. The van der Waals surface area contributed by atoms with Gasteiger partial charge in [-0.2, -0.15) is 13.2 Å². The molecule has 2 aromatic heterocycles. The number of aromatic nitrogens is 2. The number of rotatable bonds is 6. The minimum atomic E-state index is -5.34. The predicted molar refractivity (Wildman–Crippen MR) is 135 cm³/mol. The first kappa shape index (κ1) is 26.6. The van der Waals surface area contributed by atoms with Crippen LogP contribution in [0.5, 0.6) is 0 Å². The molecule has 4 aromatic rings. The molecule has 1 atom stereocenters. The van der Waals surface area contributed by atoms with E-state index < -0.39 is 30.0 Å². The molecular weight excluding hydrogens is 532 g/mol. The summed E-state index contributed by atoms with van der Waals surface area (Å²) < 4.78 is 56.4. The maximum Gasteiger partial charge on any atom is 0.490 e. The number of aromatic amines is 1. The minimum Gasteiger partial charge on any atom is -0.441 e. The molecule has 40 heavy (non-hydrogen) atoms. The number of fused-ring (bicyclic) bond motifs is 1. The van der Waals surface area contributed by atoms with Crippen LogP contribution in [0, 0.1) is 5.82 Å². The van der Waals surface area contributed by atoms with Crippen molar-refractivity contribution in [1.29, 1.82) is 0 Å². The van der Waals surface area contributed by atoms with E-state index in [1.54, 1.807) is 42.6 Å². The van der Waals surface area contributed by atoms with Crippen molar-refractivity contribution < 1.29 is 36.7 Å². The molecule has 0 radical (unpaired) electrons. The average Bonchev–Trinajstić information content (AvgIpc) is 3.38. The molecule has 1 aliphatic heterocycles. The summed E-state index contributed by atoms with van der Waals surface area (Å²) in [5, 5.41) is 5.25. The smallest absolute Gasteiger partial charge is 0.441 e. The monoisotopic (exact) mass is 552 g/mol. The average molecular weight is 552 g/mol. The SMILES string of the molecule is O=C1NCCc2[nH]c(-c3ccnc(-c4cccc(NC(=O)C(OC(=O)C(F)(F)F)c5ccc(F)cc5)c4)c3)cc21. The molecule has 1 aliphatic rings. The lowest BCUT2D eigenvalue weighted by Gasteiger charge is -2.19. The van der Waals surface area contributed by atoms with Crippen LogP contribution >= 0.6 is 0 Å². The fourth-order valence-electron chi connectivity index (χ4n) is 4.25. The van der Waals surface area contributed by atoms with Crippen LogP contribution in [-0.2, 0) is 20.7 Å². The van der Waals surface area contributed by atoms with Crippen LogP contribution in [0.2, 0.25) is 0 Å². The van der Waals surface area contributed by atoms with Crippen LogP contribution in [0.4, 0.5) is 23.2 Å². The van der Waals surface area contributed by atoms with Crippen molar-refractivity contribution in [3.63, 3.8) is 0 Å². The van der Waals surface area contributed by atoms with Crippen molar-refractivity contribution in [2.75, 3.05) is 11.9 Å². The zero-order valence-electron chi connectivity index (χ0n) is 20.5. The van der Waals surface area contributed by atoms with Crippen molar-refractivity contribution in [1.82, 2.24) is 15.3 Å². The molecule has 0 saturated carbocycles. The number of alkyl halides is 3. The number of halogens is 4. The summed E-state index contributed by atoms with van der Waals surface area (Å²) in [5.41, 5.74) is 4.03. The normalized spacial score (nSPS) is 13.7. The molecule has 8 nitrogen and oxygen atoms in total. The molecule has 2 amide bonds.